The molecule has 0 radical (unpaired) electrons. The largest absolute Gasteiger partial charge is 0.478 e. The van der Waals surface area contributed by atoms with E-state index in [9.17, 15) is 9.59 Å². The highest BCUT2D eigenvalue weighted by Crippen LogP contribution is 2.15. The number of carbonyl (C=O) groups is 2. The van der Waals surface area contributed by atoms with Gasteiger partial charge in [-0.05, 0) is 30.3 Å². The molecule has 1 amide bonds. The molecule has 0 saturated heterocycles. The van der Waals surface area contributed by atoms with Crippen LogP contribution in [-0.4, -0.2) is 27.2 Å². The zero-order chi connectivity index (χ0) is 13.8. The number of nitrogens with one attached hydrogen (secondary N) is 1. The van der Waals surface area contributed by atoms with E-state index in [0.717, 1.165) is 0 Å². The highest BCUT2D eigenvalue weighted by Gasteiger charge is 2.05. The van der Waals surface area contributed by atoms with Crippen LogP contribution < -0.4 is 11.1 Å². The number of primary amides is 1. The Morgan fingerprint density at radius 2 is 1.95 bits per heavy atom. The number of carbonyl (C=O) groups excluding carboxylic acids is 1. The van der Waals surface area contributed by atoms with Crippen molar-refractivity contribution in [2.75, 3.05) is 5.32 Å². The van der Waals surface area contributed by atoms with Crippen LogP contribution in [0.15, 0.2) is 36.4 Å². The molecule has 96 valence electrons. The smallest absolute Gasteiger partial charge is 0.335 e. The quantitative estimate of drug-likeness (QED) is 0.753. The summed E-state index contributed by atoms with van der Waals surface area (Å²) in [5.74, 6) is -1.29. The molecule has 7 nitrogen and oxygen atoms in total. The van der Waals surface area contributed by atoms with E-state index in [2.05, 4.69) is 15.5 Å². The maximum atomic E-state index is 10.8. The van der Waals surface area contributed by atoms with Crippen molar-refractivity contribution in [2.24, 2.45) is 5.73 Å². The van der Waals surface area contributed by atoms with Crippen LogP contribution in [0.1, 0.15) is 20.8 Å². The van der Waals surface area contributed by atoms with Crippen molar-refractivity contribution >= 4 is 23.4 Å². The van der Waals surface area contributed by atoms with Gasteiger partial charge in [0.2, 0.25) is 0 Å². The van der Waals surface area contributed by atoms with Gasteiger partial charge < -0.3 is 16.2 Å². The van der Waals surface area contributed by atoms with E-state index in [1.165, 1.54) is 24.3 Å². The van der Waals surface area contributed by atoms with Crippen molar-refractivity contribution < 1.29 is 14.7 Å². The van der Waals surface area contributed by atoms with Crippen LogP contribution in [-0.2, 0) is 0 Å². The van der Waals surface area contributed by atoms with Gasteiger partial charge in [0, 0.05) is 5.69 Å². The molecule has 0 saturated carbocycles. The summed E-state index contributed by atoms with van der Waals surface area (Å²) < 4.78 is 0. The Hall–Kier alpha value is -2.96. The number of amides is 1. The molecule has 0 spiro atoms. The lowest BCUT2D eigenvalue weighted by Crippen LogP contribution is -2.13. The number of rotatable bonds is 4. The van der Waals surface area contributed by atoms with Crippen molar-refractivity contribution in [3.63, 3.8) is 0 Å². The molecule has 2 rings (SSSR count). The molecule has 1 heterocycles. The van der Waals surface area contributed by atoms with Gasteiger partial charge in [0.1, 0.15) is 0 Å². The summed E-state index contributed by atoms with van der Waals surface area (Å²) in [5, 5.41) is 19.1. The molecule has 0 aliphatic heterocycles. The molecule has 0 aliphatic rings. The van der Waals surface area contributed by atoms with E-state index in [4.69, 9.17) is 10.8 Å². The second kappa shape index (κ2) is 5.13. The molecule has 0 bridgehead atoms. The molecule has 2 aromatic rings. The molecule has 19 heavy (non-hydrogen) atoms. The van der Waals surface area contributed by atoms with E-state index < -0.39 is 11.9 Å². The molecule has 0 fully saturated rings. The van der Waals surface area contributed by atoms with Gasteiger partial charge in [-0.1, -0.05) is 6.07 Å². The fraction of sp³-hybridized carbons (Fsp3) is 0. The lowest BCUT2D eigenvalue weighted by molar-refractivity contribution is 0.0696. The molecule has 4 N–H and O–H groups in total. The Kier molecular flexibility index (Phi) is 3.37. The minimum atomic E-state index is -1.01. The summed E-state index contributed by atoms with van der Waals surface area (Å²) in [6.45, 7) is 0. The summed E-state index contributed by atoms with van der Waals surface area (Å²) in [6, 6.07) is 9.20. The number of carboxylic acids is 1. The first-order chi connectivity index (χ1) is 9.06. The number of anilines is 2. The van der Waals surface area contributed by atoms with Crippen molar-refractivity contribution in [3.05, 3.63) is 47.7 Å². The van der Waals surface area contributed by atoms with Gasteiger partial charge in [-0.15, -0.1) is 10.2 Å². The SMILES string of the molecule is NC(=O)c1ccc(Nc2cccc(C(=O)O)c2)nn1. The first-order valence-electron chi connectivity index (χ1n) is 5.30. The predicted octanol–water partition coefficient (Wildman–Crippen LogP) is 1.02. The van der Waals surface area contributed by atoms with Gasteiger partial charge in [0.25, 0.3) is 5.91 Å². The molecule has 1 aromatic heterocycles. The van der Waals surface area contributed by atoms with Crippen LogP contribution in [0.4, 0.5) is 11.5 Å². The lowest BCUT2D eigenvalue weighted by Gasteiger charge is -2.05. The molecular formula is C12H10N4O3. The van der Waals surface area contributed by atoms with E-state index >= 15 is 0 Å². The zero-order valence-electron chi connectivity index (χ0n) is 9.70. The summed E-state index contributed by atoms with van der Waals surface area (Å²) in [5.41, 5.74) is 5.82. The number of nitrogens with zero attached hydrogens (tertiary/aromatic N) is 2. The Bertz CT molecular complexity index is 625. The second-order valence-corrected chi connectivity index (χ2v) is 3.68. The maximum absolute atomic E-state index is 10.8. The average Bonchev–Trinajstić information content (AvgIpc) is 2.39. The van der Waals surface area contributed by atoms with Gasteiger partial charge in [-0.2, -0.15) is 0 Å². The van der Waals surface area contributed by atoms with E-state index in [-0.39, 0.29) is 11.3 Å². The van der Waals surface area contributed by atoms with Crippen LogP contribution >= 0.6 is 0 Å². The zero-order valence-corrected chi connectivity index (χ0v) is 9.70. The van der Waals surface area contributed by atoms with Gasteiger partial charge in [0.15, 0.2) is 11.5 Å². The number of hydrogen-bond acceptors (Lipinski definition) is 5. The number of nitrogens with two attached hydrogens (primary N) is 1. The van der Waals surface area contributed by atoms with Crippen LogP contribution in [0.2, 0.25) is 0 Å². The lowest BCUT2D eigenvalue weighted by atomic mass is 10.2. The van der Waals surface area contributed by atoms with Crippen molar-refractivity contribution in [1.82, 2.24) is 10.2 Å². The molecule has 0 aliphatic carbocycles. The van der Waals surface area contributed by atoms with Crippen LogP contribution in [0.5, 0.6) is 0 Å². The topological polar surface area (TPSA) is 118 Å². The second-order valence-electron chi connectivity index (χ2n) is 3.68. The molecule has 7 heteroatoms. The van der Waals surface area contributed by atoms with Gasteiger partial charge in [-0.3, -0.25) is 4.79 Å². The highest BCUT2D eigenvalue weighted by molar-refractivity contribution is 5.91. The number of aromatic nitrogens is 2. The molecule has 1 aromatic carbocycles. The Labute approximate surface area is 108 Å². The van der Waals surface area contributed by atoms with E-state index in [0.29, 0.717) is 11.5 Å². The van der Waals surface area contributed by atoms with E-state index in [1.54, 1.807) is 12.1 Å². The Balaban J connectivity index is 2.19. The summed E-state index contributed by atoms with van der Waals surface area (Å²) >= 11 is 0. The molecule has 0 unspecified atom stereocenters. The van der Waals surface area contributed by atoms with Crippen molar-refractivity contribution in [3.8, 4) is 0 Å². The number of hydrogen-bond donors (Lipinski definition) is 3. The number of benzene rings is 1. The molecular weight excluding hydrogens is 248 g/mol. The molecule has 0 atom stereocenters. The van der Waals surface area contributed by atoms with Gasteiger partial charge in [0.05, 0.1) is 5.56 Å². The van der Waals surface area contributed by atoms with Crippen molar-refractivity contribution in [2.45, 2.75) is 0 Å². The highest BCUT2D eigenvalue weighted by atomic mass is 16.4. The first-order valence-corrected chi connectivity index (χ1v) is 5.30. The third-order valence-electron chi connectivity index (χ3n) is 2.30. The monoisotopic (exact) mass is 258 g/mol. The third-order valence-corrected chi connectivity index (χ3v) is 2.30. The normalized spacial score (nSPS) is 9.89. The first kappa shape index (κ1) is 12.5. The summed E-state index contributed by atoms with van der Waals surface area (Å²) in [4.78, 5) is 21.6. The van der Waals surface area contributed by atoms with Gasteiger partial charge in [-0.25, -0.2) is 4.79 Å². The maximum Gasteiger partial charge on any atom is 0.335 e. The fourth-order valence-corrected chi connectivity index (χ4v) is 1.41. The minimum absolute atomic E-state index is 0.0600. The Morgan fingerprint density at radius 1 is 1.16 bits per heavy atom. The summed E-state index contributed by atoms with van der Waals surface area (Å²) in [7, 11) is 0. The van der Waals surface area contributed by atoms with Crippen LogP contribution in [0.3, 0.4) is 0 Å². The number of aromatic carboxylic acids is 1. The average molecular weight is 258 g/mol. The van der Waals surface area contributed by atoms with Crippen molar-refractivity contribution in [1.29, 1.82) is 0 Å². The standard InChI is InChI=1S/C12H10N4O3/c13-11(17)9-4-5-10(16-15-9)14-8-3-1-2-7(6-8)12(18)19/h1-6H,(H2,13,17)(H,14,16)(H,18,19). The predicted molar refractivity (Wildman–Crippen MR) is 67.2 cm³/mol. The third kappa shape index (κ3) is 3.03. The number of carboxylic acid groups (broad SMARTS) is 1. The Morgan fingerprint density at radius 3 is 2.53 bits per heavy atom. The minimum Gasteiger partial charge on any atom is -0.478 e. The fourth-order valence-electron chi connectivity index (χ4n) is 1.41. The van der Waals surface area contributed by atoms with Gasteiger partial charge >= 0.3 is 5.97 Å². The van der Waals surface area contributed by atoms with E-state index in [1.807, 2.05) is 0 Å². The van der Waals surface area contributed by atoms with Crippen LogP contribution in [0.25, 0.3) is 0 Å². The summed E-state index contributed by atoms with van der Waals surface area (Å²) in [6.07, 6.45) is 0. The van der Waals surface area contributed by atoms with Crippen LogP contribution in [0, 0.1) is 0 Å².